The number of phenolic OH excluding ortho intramolecular Hbond substituents is 1. The summed E-state index contributed by atoms with van der Waals surface area (Å²) in [6.07, 6.45) is 0. The van der Waals surface area contributed by atoms with Gasteiger partial charge in [-0.15, -0.1) is 11.3 Å². The molecule has 98 valence electrons. The van der Waals surface area contributed by atoms with Crippen LogP contribution in [-0.2, 0) is 6.54 Å². The summed E-state index contributed by atoms with van der Waals surface area (Å²) in [6.45, 7) is 4.84. The molecule has 0 aliphatic carbocycles. The minimum atomic E-state index is 0.280. The molecule has 0 unspecified atom stereocenters. The molecule has 2 aromatic heterocycles. The molecule has 0 fully saturated rings. The van der Waals surface area contributed by atoms with Gasteiger partial charge in [-0.2, -0.15) is 0 Å². The first-order chi connectivity index (χ1) is 9.15. The molecule has 0 radical (unpaired) electrons. The fourth-order valence-corrected chi connectivity index (χ4v) is 3.07. The Morgan fingerprint density at radius 3 is 2.74 bits per heavy atom. The lowest BCUT2D eigenvalue weighted by Gasteiger charge is -2.07. The van der Waals surface area contributed by atoms with Crippen LogP contribution in [0.25, 0.3) is 4.96 Å². The summed E-state index contributed by atoms with van der Waals surface area (Å²) in [5.41, 5.74) is 4.44. The number of thiazole rings is 1. The van der Waals surface area contributed by atoms with E-state index in [9.17, 15) is 5.11 Å². The van der Waals surface area contributed by atoms with Crippen LogP contribution in [0.4, 0.5) is 5.69 Å². The molecular formula is C14H15N3OS. The molecule has 0 amide bonds. The van der Waals surface area contributed by atoms with Gasteiger partial charge in [-0.3, -0.25) is 4.40 Å². The Morgan fingerprint density at radius 1 is 1.26 bits per heavy atom. The van der Waals surface area contributed by atoms with Crippen molar-refractivity contribution in [2.75, 3.05) is 5.32 Å². The van der Waals surface area contributed by atoms with Crippen molar-refractivity contribution < 1.29 is 5.11 Å². The van der Waals surface area contributed by atoms with Gasteiger partial charge in [0.15, 0.2) is 4.96 Å². The summed E-state index contributed by atoms with van der Waals surface area (Å²) >= 11 is 1.66. The van der Waals surface area contributed by atoms with Crippen LogP contribution in [0, 0.1) is 13.8 Å². The quantitative estimate of drug-likeness (QED) is 0.720. The Labute approximate surface area is 115 Å². The zero-order valence-electron chi connectivity index (χ0n) is 10.8. The van der Waals surface area contributed by atoms with E-state index < -0.39 is 0 Å². The van der Waals surface area contributed by atoms with E-state index in [0.29, 0.717) is 0 Å². The number of nitrogens with zero attached hydrogens (tertiary/aromatic N) is 2. The second-order valence-corrected chi connectivity index (χ2v) is 5.38. The van der Waals surface area contributed by atoms with Crippen molar-refractivity contribution in [3.63, 3.8) is 0 Å². The highest BCUT2D eigenvalue weighted by Crippen LogP contribution is 2.21. The maximum Gasteiger partial charge on any atom is 0.194 e. The predicted octanol–water partition coefficient (Wildman–Crippen LogP) is 3.33. The molecule has 0 saturated carbocycles. The maximum atomic E-state index is 9.26. The van der Waals surface area contributed by atoms with E-state index in [0.717, 1.165) is 22.9 Å². The van der Waals surface area contributed by atoms with Gasteiger partial charge < -0.3 is 10.4 Å². The molecule has 0 spiro atoms. The highest BCUT2D eigenvalue weighted by atomic mass is 32.1. The van der Waals surface area contributed by atoms with E-state index in [2.05, 4.69) is 27.0 Å². The molecule has 0 bridgehead atoms. The van der Waals surface area contributed by atoms with Gasteiger partial charge in [-0.1, -0.05) is 0 Å². The average Bonchev–Trinajstić information content (AvgIpc) is 2.89. The van der Waals surface area contributed by atoms with Crippen molar-refractivity contribution in [2.45, 2.75) is 20.4 Å². The number of phenols is 1. The van der Waals surface area contributed by atoms with E-state index >= 15 is 0 Å². The smallest absolute Gasteiger partial charge is 0.194 e. The number of anilines is 1. The highest BCUT2D eigenvalue weighted by molar-refractivity contribution is 7.15. The molecule has 0 aliphatic rings. The van der Waals surface area contributed by atoms with Crippen LogP contribution in [0.5, 0.6) is 5.75 Å². The molecule has 3 aromatic rings. The standard InChI is InChI=1S/C14H15N3OS/c1-9-8-19-14-16-10(2)13(17(9)14)7-15-11-3-5-12(18)6-4-11/h3-6,8,15,18H,7H2,1-2H3. The van der Waals surface area contributed by atoms with Crippen LogP contribution in [0.15, 0.2) is 29.6 Å². The van der Waals surface area contributed by atoms with Crippen molar-refractivity contribution >= 4 is 22.0 Å². The van der Waals surface area contributed by atoms with Gasteiger partial charge in [0.1, 0.15) is 5.75 Å². The number of hydrogen-bond acceptors (Lipinski definition) is 4. The fraction of sp³-hybridized carbons (Fsp3) is 0.214. The molecular weight excluding hydrogens is 258 g/mol. The molecule has 1 aromatic carbocycles. The van der Waals surface area contributed by atoms with Gasteiger partial charge >= 0.3 is 0 Å². The van der Waals surface area contributed by atoms with E-state index in [1.807, 2.05) is 19.1 Å². The SMILES string of the molecule is Cc1nc2scc(C)n2c1CNc1ccc(O)cc1. The Hall–Kier alpha value is -2.01. The van der Waals surface area contributed by atoms with E-state index in [1.54, 1.807) is 23.5 Å². The molecule has 3 rings (SSSR count). The lowest BCUT2D eigenvalue weighted by Crippen LogP contribution is -2.04. The average molecular weight is 273 g/mol. The third-order valence-corrected chi connectivity index (χ3v) is 4.10. The molecule has 2 heterocycles. The highest BCUT2D eigenvalue weighted by Gasteiger charge is 2.11. The number of aromatic nitrogens is 2. The number of hydrogen-bond donors (Lipinski definition) is 2. The van der Waals surface area contributed by atoms with Gasteiger partial charge in [0.2, 0.25) is 0 Å². The Morgan fingerprint density at radius 2 is 2.00 bits per heavy atom. The molecule has 4 nitrogen and oxygen atoms in total. The van der Waals surface area contributed by atoms with Gasteiger partial charge in [0, 0.05) is 16.8 Å². The molecule has 5 heteroatoms. The summed E-state index contributed by atoms with van der Waals surface area (Å²) in [4.78, 5) is 5.60. The third-order valence-electron chi connectivity index (χ3n) is 3.16. The number of fused-ring (bicyclic) bond motifs is 1. The second-order valence-electron chi connectivity index (χ2n) is 4.54. The van der Waals surface area contributed by atoms with Crippen LogP contribution in [0.1, 0.15) is 17.1 Å². The molecule has 0 aliphatic heterocycles. The van der Waals surface area contributed by atoms with Crippen molar-refractivity contribution in [1.82, 2.24) is 9.38 Å². The van der Waals surface area contributed by atoms with E-state index in [4.69, 9.17) is 0 Å². The summed E-state index contributed by atoms with van der Waals surface area (Å²) < 4.78 is 2.19. The summed E-state index contributed by atoms with van der Waals surface area (Å²) in [5, 5.41) is 14.7. The van der Waals surface area contributed by atoms with Gasteiger partial charge in [-0.25, -0.2) is 4.98 Å². The Balaban J connectivity index is 1.87. The van der Waals surface area contributed by atoms with Crippen molar-refractivity contribution in [3.05, 3.63) is 46.7 Å². The van der Waals surface area contributed by atoms with Crippen LogP contribution in [-0.4, -0.2) is 14.5 Å². The van der Waals surface area contributed by atoms with E-state index in [1.165, 1.54) is 11.4 Å². The summed E-state index contributed by atoms with van der Waals surface area (Å²) in [6, 6.07) is 7.08. The summed E-state index contributed by atoms with van der Waals surface area (Å²) in [7, 11) is 0. The van der Waals surface area contributed by atoms with Crippen molar-refractivity contribution in [1.29, 1.82) is 0 Å². The first kappa shape index (κ1) is 12.0. The number of rotatable bonds is 3. The number of aryl methyl sites for hydroxylation is 2. The zero-order valence-corrected chi connectivity index (χ0v) is 11.7. The number of nitrogens with one attached hydrogen (secondary N) is 1. The largest absolute Gasteiger partial charge is 0.508 e. The van der Waals surface area contributed by atoms with E-state index in [-0.39, 0.29) is 5.75 Å². The first-order valence-electron chi connectivity index (χ1n) is 6.10. The third kappa shape index (κ3) is 2.17. The molecule has 2 N–H and O–H groups in total. The minimum Gasteiger partial charge on any atom is -0.508 e. The van der Waals surface area contributed by atoms with Crippen LogP contribution >= 0.6 is 11.3 Å². The Kier molecular flexibility index (Phi) is 2.91. The Bertz CT molecular complexity index is 712. The van der Waals surface area contributed by atoms with Crippen molar-refractivity contribution in [3.8, 4) is 5.75 Å². The zero-order chi connectivity index (χ0) is 13.4. The molecule has 0 atom stereocenters. The van der Waals surface area contributed by atoms with Crippen LogP contribution < -0.4 is 5.32 Å². The second kappa shape index (κ2) is 4.59. The number of imidazole rings is 1. The lowest BCUT2D eigenvalue weighted by molar-refractivity contribution is 0.475. The summed E-state index contributed by atoms with van der Waals surface area (Å²) in [5.74, 6) is 0.280. The molecule has 0 saturated heterocycles. The lowest BCUT2D eigenvalue weighted by atomic mass is 10.3. The monoisotopic (exact) mass is 273 g/mol. The fourth-order valence-electron chi connectivity index (χ4n) is 2.14. The number of aromatic hydroxyl groups is 1. The number of benzene rings is 1. The first-order valence-corrected chi connectivity index (χ1v) is 6.98. The predicted molar refractivity (Wildman–Crippen MR) is 78.0 cm³/mol. The molecule has 19 heavy (non-hydrogen) atoms. The minimum absolute atomic E-state index is 0.280. The van der Waals surface area contributed by atoms with Crippen molar-refractivity contribution in [2.24, 2.45) is 0 Å². The normalized spacial score (nSPS) is 11.1. The van der Waals surface area contributed by atoms with Crippen LogP contribution in [0.2, 0.25) is 0 Å². The van der Waals surface area contributed by atoms with Gasteiger partial charge in [0.25, 0.3) is 0 Å². The van der Waals surface area contributed by atoms with Gasteiger partial charge in [-0.05, 0) is 38.1 Å². The topological polar surface area (TPSA) is 49.6 Å². The van der Waals surface area contributed by atoms with Crippen LogP contribution in [0.3, 0.4) is 0 Å². The van der Waals surface area contributed by atoms with Gasteiger partial charge in [0.05, 0.1) is 17.9 Å². The maximum absolute atomic E-state index is 9.26.